The number of benzene rings is 3. The molecular weight excluding hydrogens is 468 g/mol. The molecule has 1 unspecified atom stereocenters. The van der Waals surface area contributed by atoms with Gasteiger partial charge in [0.2, 0.25) is 5.91 Å². The molecule has 0 aliphatic rings. The number of nitrogens with zero attached hydrogens (tertiary/aromatic N) is 1. The Bertz CT molecular complexity index is 1060. The zero-order valence-corrected chi connectivity index (χ0v) is 20.3. The summed E-state index contributed by atoms with van der Waals surface area (Å²) in [6.07, 6.45) is 0. The van der Waals surface area contributed by atoms with Crippen LogP contribution in [0, 0.1) is 5.92 Å². The smallest absolute Gasteiger partial charge is 0.261 e. The average Bonchev–Trinajstić information content (AvgIpc) is 2.80. The van der Waals surface area contributed by atoms with Gasteiger partial charge in [0.05, 0.1) is 0 Å². The molecule has 0 heterocycles. The fourth-order valence-electron chi connectivity index (χ4n) is 3.37. The maximum absolute atomic E-state index is 13.2. The number of halogens is 1. The Morgan fingerprint density at radius 1 is 0.969 bits per heavy atom. The molecule has 6 heteroatoms. The maximum atomic E-state index is 13.2. The molecule has 0 aliphatic heterocycles. The highest BCUT2D eigenvalue weighted by atomic mass is 79.9. The highest BCUT2D eigenvalue weighted by Crippen LogP contribution is 2.25. The summed E-state index contributed by atoms with van der Waals surface area (Å²) in [4.78, 5) is 27.5. The summed E-state index contributed by atoms with van der Waals surface area (Å²) < 4.78 is 6.88. The average molecular weight is 497 g/mol. The van der Waals surface area contributed by atoms with Gasteiger partial charge in [-0.3, -0.25) is 9.59 Å². The molecule has 1 atom stereocenters. The van der Waals surface area contributed by atoms with Crippen molar-refractivity contribution in [1.82, 2.24) is 10.2 Å². The lowest BCUT2D eigenvalue weighted by Gasteiger charge is -2.29. The van der Waals surface area contributed by atoms with Crippen molar-refractivity contribution in [2.24, 2.45) is 5.92 Å². The summed E-state index contributed by atoms with van der Waals surface area (Å²) in [6.45, 7) is 6.56. The minimum atomic E-state index is -0.624. The van der Waals surface area contributed by atoms with Crippen LogP contribution >= 0.6 is 15.9 Å². The summed E-state index contributed by atoms with van der Waals surface area (Å²) in [6, 6.07) is 20.8. The van der Waals surface area contributed by atoms with Crippen LogP contribution < -0.4 is 10.1 Å². The molecule has 0 saturated heterocycles. The van der Waals surface area contributed by atoms with Gasteiger partial charge in [-0.2, -0.15) is 0 Å². The van der Waals surface area contributed by atoms with Gasteiger partial charge >= 0.3 is 0 Å². The fourth-order valence-corrected chi connectivity index (χ4v) is 3.63. The highest BCUT2D eigenvalue weighted by molar-refractivity contribution is 9.10. The molecule has 2 amide bonds. The lowest BCUT2D eigenvalue weighted by atomic mass is 10.1. The number of carbonyl (C=O) groups excluding carboxylic acids is 2. The van der Waals surface area contributed by atoms with E-state index in [1.165, 1.54) is 0 Å². The Morgan fingerprint density at radius 2 is 1.66 bits per heavy atom. The Labute approximate surface area is 197 Å². The number of hydrogen-bond donors (Lipinski definition) is 1. The van der Waals surface area contributed by atoms with Gasteiger partial charge in [0.15, 0.2) is 6.61 Å². The summed E-state index contributed by atoms with van der Waals surface area (Å²) in [5.41, 5.74) is 0.940. The Balaban J connectivity index is 1.76. The van der Waals surface area contributed by atoms with E-state index in [0.29, 0.717) is 24.8 Å². The number of amides is 2. The van der Waals surface area contributed by atoms with Crippen LogP contribution in [-0.4, -0.2) is 35.9 Å². The number of ether oxygens (including phenoxy) is 1. The minimum Gasteiger partial charge on any atom is -0.483 e. The van der Waals surface area contributed by atoms with Crippen molar-refractivity contribution in [3.8, 4) is 5.75 Å². The van der Waals surface area contributed by atoms with E-state index in [2.05, 4.69) is 21.2 Å². The highest BCUT2D eigenvalue weighted by Gasteiger charge is 2.26. The molecule has 0 fully saturated rings. The first-order chi connectivity index (χ1) is 15.3. The summed E-state index contributed by atoms with van der Waals surface area (Å²) >= 11 is 3.43. The minimum absolute atomic E-state index is 0.146. The van der Waals surface area contributed by atoms with Gasteiger partial charge in [0.1, 0.15) is 11.8 Å². The van der Waals surface area contributed by atoms with Gasteiger partial charge in [-0.15, -0.1) is 0 Å². The normalized spacial score (nSPS) is 11.9. The van der Waals surface area contributed by atoms with Crippen molar-refractivity contribution < 1.29 is 14.3 Å². The Hall–Kier alpha value is -2.86. The van der Waals surface area contributed by atoms with Crippen molar-refractivity contribution in [1.29, 1.82) is 0 Å². The lowest BCUT2D eigenvalue weighted by Crippen LogP contribution is -2.49. The first kappa shape index (κ1) is 23.8. The van der Waals surface area contributed by atoms with Crippen LogP contribution in [0.25, 0.3) is 10.8 Å². The number of carbonyl (C=O) groups is 2. The molecule has 0 bridgehead atoms. The lowest BCUT2D eigenvalue weighted by molar-refractivity contribution is -0.142. The molecule has 168 valence electrons. The molecule has 0 aliphatic carbocycles. The van der Waals surface area contributed by atoms with Gasteiger partial charge in [0, 0.05) is 22.9 Å². The third-order valence-corrected chi connectivity index (χ3v) is 5.75. The van der Waals surface area contributed by atoms with Crippen LogP contribution in [-0.2, 0) is 16.1 Å². The molecule has 0 radical (unpaired) electrons. The topological polar surface area (TPSA) is 58.6 Å². The Kier molecular flexibility index (Phi) is 8.28. The zero-order valence-electron chi connectivity index (χ0n) is 18.7. The van der Waals surface area contributed by atoms with E-state index < -0.39 is 6.04 Å². The summed E-state index contributed by atoms with van der Waals surface area (Å²) in [7, 11) is 0. The van der Waals surface area contributed by atoms with E-state index in [0.717, 1.165) is 20.8 Å². The third-order valence-electron chi connectivity index (χ3n) is 5.22. The second-order valence-electron chi connectivity index (χ2n) is 8.23. The molecule has 5 nitrogen and oxygen atoms in total. The van der Waals surface area contributed by atoms with Crippen LogP contribution in [0.3, 0.4) is 0 Å². The summed E-state index contributed by atoms with van der Waals surface area (Å²) in [5.74, 6) is 0.566. The fraction of sp³-hybridized carbons (Fsp3) is 0.308. The number of hydrogen-bond acceptors (Lipinski definition) is 3. The molecule has 3 aromatic rings. The van der Waals surface area contributed by atoms with Crippen molar-refractivity contribution in [2.45, 2.75) is 33.4 Å². The predicted octanol–water partition coefficient (Wildman–Crippen LogP) is 5.17. The van der Waals surface area contributed by atoms with E-state index in [1.807, 2.05) is 80.6 Å². The van der Waals surface area contributed by atoms with Crippen molar-refractivity contribution in [3.63, 3.8) is 0 Å². The number of fused-ring (bicyclic) bond motifs is 1. The molecule has 32 heavy (non-hydrogen) atoms. The quantitative estimate of drug-likeness (QED) is 0.444. The van der Waals surface area contributed by atoms with Gasteiger partial charge in [0.25, 0.3) is 5.91 Å². The second kappa shape index (κ2) is 11.1. The molecule has 0 saturated carbocycles. The SMILES string of the molecule is CC(C)CNC(=O)C(C)N(Cc1ccc(Br)cc1)C(=O)COc1cccc2ccccc12. The maximum Gasteiger partial charge on any atom is 0.261 e. The number of nitrogens with one attached hydrogen (secondary N) is 1. The van der Waals surface area contributed by atoms with E-state index in [1.54, 1.807) is 11.8 Å². The van der Waals surface area contributed by atoms with E-state index >= 15 is 0 Å². The van der Waals surface area contributed by atoms with Gasteiger partial charge in [-0.1, -0.05) is 78.3 Å². The van der Waals surface area contributed by atoms with Crippen LogP contribution in [0.2, 0.25) is 0 Å². The predicted molar refractivity (Wildman–Crippen MR) is 131 cm³/mol. The van der Waals surface area contributed by atoms with Gasteiger partial charge in [-0.05, 0) is 42.0 Å². The summed E-state index contributed by atoms with van der Waals surface area (Å²) in [5, 5.41) is 4.92. The third kappa shape index (κ3) is 6.33. The molecule has 3 rings (SSSR count). The molecule has 0 spiro atoms. The molecular formula is C26H29BrN2O3. The molecule has 3 aromatic carbocycles. The first-order valence-corrected chi connectivity index (χ1v) is 11.6. The van der Waals surface area contributed by atoms with Crippen molar-refractivity contribution in [2.75, 3.05) is 13.2 Å². The van der Waals surface area contributed by atoms with Crippen LogP contribution in [0.15, 0.2) is 71.2 Å². The van der Waals surface area contributed by atoms with Crippen molar-refractivity contribution >= 4 is 38.5 Å². The zero-order chi connectivity index (χ0) is 23.1. The van der Waals surface area contributed by atoms with E-state index in [4.69, 9.17) is 4.74 Å². The van der Waals surface area contributed by atoms with Gasteiger partial charge in [-0.25, -0.2) is 0 Å². The van der Waals surface area contributed by atoms with Crippen LogP contribution in [0.5, 0.6) is 5.75 Å². The van der Waals surface area contributed by atoms with E-state index in [-0.39, 0.29) is 18.4 Å². The largest absolute Gasteiger partial charge is 0.483 e. The monoisotopic (exact) mass is 496 g/mol. The van der Waals surface area contributed by atoms with Gasteiger partial charge < -0.3 is 15.0 Å². The standard InChI is InChI=1S/C26H29BrN2O3/c1-18(2)15-28-26(31)19(3)29(16-20-11-13-22(27)14-12-20)25(30)17-32-24-10-6-8-21-7-4-5-9-23(21)24/h4-14,18-19H,15-17H2,1-3H3,(H,28,31). The van der Waals surface area contributed by atoms with Crippen LogP contribution in [0.4, 0.5) is 0 Å². The first-order valence-electron chi connectivity index (χ1n) is 10.8. The molecule has 1 N–H and O–H groups in total. The second-order valence-corrected chi connectivity index (χ2v) is 9.14. The number of rotatable bonds is 9. The molecule has 0 aromatic heterocycles. The van der Waals surface area contributed by atoms with Crippen LogP contribution in [0.1, 0.15) is 26.3 Å². The van der Waals surface area contributed by atoms with E-state index in [9.17, 15) is 9.59 Å². The Morgan fingerprint density at radius 3 is 2.38 bits per heavy atom. The van der Waals surface area contributed by atoms with Crippen molar-refractivity contribution in [3.05, 3.63) is 76.8 Å².